The molecule has 2 aromatic rings. The predicted molar refractivity (Wildman–Crippen MR) is 90.0 cm³/mol. The fourth-order valence-corrected chi connectivity index (χ4v) is 2.01. The van der Waals surface area contributed by atoms with Crippen molar-refractivity contribution < 1.29 is 19.0 Å². The Bertz CT molecular complexity index is 790. The van der Waals surface area contributed by atoms with Crippen molar-refractivity contribution in [1.29, 1.82) is 5.26 Å². The van der Waals surface area contributed by atoms with E-state index in [2.05, 4.69) is 0 Å². The average Bonchev–Trinajstić information content (AvgIpc) is 2.58. The molecule has 0 aliphatic carbocycles. The Labute approximate surface area is 140 Å². The summed E-state index contributed by atoms with van der Waals surface area (Å²) < 4.78 is 15.7. The molecular weight excluding hydrogens is 306 g/mol. The van der Waals surface area contributed by atoms with Crippen LogP contribution in [0.2, 0.25) is 0 Å². The van der Waals surface area contributed by atoms with E-state index in [1.54, 1.807) is 36.4 Å². The number of ether oxygens (including phenoxy) is 3. The van der Waals surface area contributed by atoms with Gasteiger partial charge in [-0.25, -0.2) is 4.79 Å². The monoisotopic (exact) mass is 323 g/mol. The number of methoxy groups -OCH3 is 1. The Morgan fingerprint density at radius 3 is 2.75 bits per heavy atom. The summed E-state index contributed by atoms with van der Waals surface area (Å²) in [7, 11) is 1.51. The van der Waals surface area contributed by atoms with Crippen LogP contribution in [0.1, 0.15) is 11.1 Å². The Hall–Kier alpha value is -3.26. The molecule has 0 fully saturated rings. The molecule has 0 atom stereocenters. The third-order valence-corrected chi connectivity index (χ3v) is 3.10. The number of esters is 1. The molecule has 0 spiro atoms. The summed E-state index contributed by atoms with van der Waals surface area (Å²) >= 11 is 0. The van der Waals surface area contributed by atoms with Gasteiger partial charge in [-0.1, -0.05) is 18.2 Å². The van der Waals surface area contributed by atoms with Gasteiger partial charge in [0.25, 0.3) is 0 Å². The zero-order valence-corrected chi connectivity index (χ0v) is 13.5. The molecule has 0 radical (unpaired) electrons. The van der Waals surface area contributed by atoms with Gasteiger partial charge in [-0.3, -0.25) is 0 Å². The maximum Gasteiger partial charge on any atom is 0.336 e. The zero-order chi connectivity index (χ0) is 17.4. The molecule has 122 valence electrons. The molecule has 0 N–H and O–H groups in total. The van der Waals surface area contributed by atoms with Crippen LogP contribution in [0.4, 0.5) is 0 Å². The summed E-state index contributed by atoms with van der Waals surface area (Å²) in [5.74, 6) is 0.991. The van der Waals surface area contributed by atoms with Crippen molar-refractivity contribution in [3.8, 4) is 23.3 Å². The number of nitriles is 1. The van der Waals surface area contributed by atoms with Crippen LogP contribution >= 0.6 is 0 Å². The fourth-order valence-electron chi connectivity index (χ4n) is 2.01. The molecule has 5 nitrogen and oxygen atoms in total. The zero-order valence-electron chi connectivity index (χ0n) is 13.5. The molecule has 2 rings (SSSR count). The van der Waals surface area contributed by atoms with E-state index in [1.165, 1.54) is 13.2 Å². The van der Waals surface area contributed by atoms with Gasteiger partial charge < -0.3 is 14.2 Å². The van der Waals surface area contributed by atoms with E-state index in [0.29, 0.717) is 17.2 Å². The molecule has 0 aliphatic rings. The van der Waals surface area contributed by atoms with Crippen LogP contribution in [0.25, 0.3) is 6.08 Å². The molecule has 0 aromatic heterocycles. The van der Waals surface area contributed by atoms with Crippen molar-refractivity contribution in [3.05, 3.63) is 59.7 Å². The van der Waals surface area contributed by atoms with Gasteiger partial charge in [0, 0.05) is 6.08 Å². The molecule has 24 heavy (non-hydrogen) atoms. The lowest BCUT2D eigenvalue weighted by atomic mass is 10.2. The maximum atomic E-state index is 11.9. The minimum absolute atomic E-state index is 0.0611. The molecule has 2 aromatic carbocycles. The van der Waals surface area contributed by atoms with Gasteiger partial charge in [-0.05, 0) is 48.4 Å². The lowest BCUT2D eigenvalue weighted by molar-refractivity contribution is -0.128. The van der Waals surface area contributed by atoms with Crippen LogP contribution in [0, 0.1) is 18.3 Å². The van der Waals surface area contributed by atoms with Crippen LogP contribution < -0.4 is 14.2 Å². The van der Waals surface area contributed by atoms with Crippen molar-refractivity contribution in [2.45, 2.75) is 6.92 Å². The second kappa shape index (κ2) is 8.39. The largest absolute Gasteiger partial charge is 0.493 e. The molecule has 0 aliphatic heterocycles. The van der Waals surface area contributed by atoms with E-state index in [1.807, 2.05) is 25.1 Å². The molecule has 5 heteroatoms. The number of rotatable bonds is 6. The third kappa shape index (κ3) is 4.89. The first kappa shape index (κ1) is 17.1. The highest BCUT2D eigenvalue weighted by Gasteiger charge is 2.05. The quantitative estimate of drug-likeness (QED) is 0.462. The second-order valence-corrected chi connectivity index (χ2v) is 4.93. The van der Waals surface area contributed by atoms with E-state index >= 15 is 0 Å². The highest BCUT2D eigenvalue weighted by atomic mass is 16.5. The lowest BCUT2D eigenvalue weighted by Gasteiger charge is -2.08. The molecule has 0 saturated carbocycles. The van der Waals surface area contributed by atoms with Crippen molar-refractivity contribution in [3.63, 3.8) is 0 Å². The number of nitrogens with zero attached hydrogens (tertiary/aromatic N) is 1. The van der Waals surface area contributed by atoms with Crippen LogP contribution in [0.5, 0.6) is 17.2 Å². The molecule has 0 bridgehead atoms. The molecule has 0 unspecified atom stereocenters. The van der Waals surface area contributed by atoms with Gasteiger partial charge in [-0.15, -0.1) is 0 Å². The number of carbonyl (C=O) groups excluding carboxylic acids is 1. The summed E-state index contributed by atoms with van der Waals surface area (Å²) in [5, 5.41) is 8.55. The minimum atomic E-state index is -0.468. The van der Waals surface area contributed by atoms with Crippen molar-refractivity contribution >= 4 is 12.0 Å². The molecule has 0 amide bonds. The number of carbonyl (C=O) groups is 1. The van der Waals surface area contributed by atoms with Gasteiger partial charge in [-0.2, -0.15) is 5.26 Å². The molecular formula is C19H17NO4. The third-order valence-electron chi connectivity index (χ3n) is 3.10. The van der Waals surface area contributed by atoms with Gasteiger partial charge in [0.2, 0.25) is 0 Å². The van der Waals surface area contributed by atoms with Gasteiger partial charge in [0.05, 0.1) is 7.11 Å². The molecule has 0 heterocycles. The normalized spacial score (nSPS) is 10.2. The Balaban J connectivity index is 2.05. The van der Waals surface area contributed by atoms with Gasteiger partial charge in [0.1, 0.15) is 11.8 Å². The summed E-state index contributed by atoms with van der Waals surface area (Å²) in [6.07, 6.45) is 2.96. The van der Waals surface area contributed by atoms with E-state index in [0.717, 1.165) is 11.1 Å². The standard InChI is InChI=1S/C19H17NO4/c1-14-4-3-5-16(12-14)24-19(21)9-7-15-6-8-17(23-11-10-20)18(13-15)22-2/h3-9,12-13H,11H2,1-2H3/b9-7+. The van der Waals surface area contributed by atoms with Crippen molar-refractivity contribution in [1.82, 2.24) is 0 Å². The highest BCUT2D eigenvalue weighted by Crippen LogP contribution is 2.28. The van der Waals surface area contributed by atoms with Crippen molar-refractivity contribution in [2.75, 3.05) is 13.7 Å². The Morgan fingerprint density at radius 1 is 1.21 bits per heavy atom. The van der Waals surface area contributed by atoms with E-state index < -0.39 is 5.97 Å². The van der Waals surface area contributed by atoms with E-state index in [9.17, 15) is 4.79 Å². The van der Waals surface area contributed by atoms with E-state index in [-0.39, 0.29) is 6.61 Å². The Kier molecular flexibility index (Phi) is 5.98. The summed E-state index contributed by atoms with van der Waals surface area (Å²) in [6.45, 7) is 1.86. The first-order chi connectivity index (χ1) is 11.6. The highest BCUT2D eigenvalue weighted by molar-refractivity contribution is 5.88. The Morgan fingerprint density at radius 2 is 2.04 bits per heavy atom. The number of aryl methyl sites for hydroxylation is 1. The topological polar surface area (TPSA) is 68.6 Å². The SMILES string of the molecule is COc1cc(/C=C/C(=O)Oc2cccc(C)c2)ccc1OCC#N. The molecule has 0 saturated heterocycles. The number of hydrogen-bond donors (Lipinski definition) is 0. The van der Waals surface area contributed by atoms with Gasteiger partial charge >= 0.3 is 5.97 Å². The minimum Gasteiger partial charge on any atom is -0.493 e. The van der Waals surface area contributed by atoms with Crippen LogP contribution in [-0.2, 0) is 4.79 Å². The number of hydrogen-bond acceptors (Lipinski definition) is 5. The summed E-state index contributed by atoms with van der Waals surface area (Å²) in [4.78, 5) is 11.9. The lowest BCUT2D eigenvalue weighted by Crippen LogP contribution is -2.03. The van der Waals surface area contributed by atoms with Crippen molar-refractivity contribution in [2.24, 2.45) is 0 Å². The average molecular weight is 323 g/mol. The fraction of sp³-hybridized carbons (Fsp3) is 0.158. The van der Waals surface area contributed by atoms with Crippen LogP contribution in [-0.4, -0.2) is 19.7 Å². The maximum absolute atomic E-state index is 11.9. The first-order valence-electron chi connectivity index (χ1n) is 7.26. The van der Waals surface area contributed by atoms with E-state index in [4.69, 9.17) is 19.5 Å². The van der Waals surface area contributed by atoms with Gasteiger partial charge in [0.15, 0.2) is 18.1 Å². The summed E-state index contributed by atoms with van der Waals surface area (Å²) in [5.41, 5.74) is 1.76. The first-order valence-corrected chi connectivity index (χ1v) is 7.26. The van der Waals surface area contributed by atoms with Crippen LogP contribution in [0.15, 0.2) is 48.5 Å². The predicted octanol–water partition coefficient (Wildman–Crippen LogP) is 3.52. The number of benzene rings is 2. The second-order valence-electron chi connectivity index (χ2n) is 4.93. The smallest absolute Gasteiger partial charge is 0.336 e. The van der Waals surface area contributed by atoms with Crippen LogP contribution in [0.3, 0.4) is 0 Å². The summed E-state index contributed by atoms with van der Waals surface area (Å²) in [6, 6.07) is 14.3.